The van der Waals surface area contributed by atoms with E-state index in [1.807, 2.05) is 0 Å². The first-order valence-electron chi connectivity index (χ1n) is 10.1. The van der Waals surface area contributed by atoms with Crippen LogP contribution in [0.3, 0.4) is 0 Å². The number of piperidine rings is 1. The Kier molecular flexibility index (Phi) is 7.39. The molecule has 1 aliphatic rings. The quantitative estimate of drug-likeness (QED) is 0.700. The van der Waals surface area contributed by atoms with E-state index in [-0.39, 0.29) is 15.8 Å². The molecule has 3 rings (SSSR count). The number of amides is 1. The van der Waals surface area contributed by atoms with Gasteiger partial charge in [0.15, 0.2) is 0 Å². The molecule has 1 N–H and O–H groups in total. The highest BCUT2D eigenvalue weighted by Gasteiger charge is 2.22. The number of carbonyl (C=O) groups excluding carboxylic acids is 1. The van der Waals surface area contributed by atoms with Crippen LogP contribution in [0.25, 0.3) is 0 Å². The molecule has 162 valence electrons. The van der Waals surface area contributed by atoms with Crippen LogP contribution in [0.5, 0.6) is 0 Å². The minimum absolute atomic E-state index is 0.194. The Labute approximate surface area is 183 Å². The summed E-state index contributed by atoms with van der Waals surface area (Å²) in [6.45, 7) is 2.81. The summed E-state index contributed by atoms with van der Waals surface area (Å²) in [5, 5.41) is 3.16. The molecule has 1 saturated heterocycles. The van der Waals surface area contributed by atoms with Crippen LogP contribution in [0.2, 0.25) is 5.02 Å². The normalized spacial score (nSPS) is 15.7. The van der Waals surface area contributed by atoms with E-state index in [2.05, 4.69) is 17.3 Å². The number of halogens is 1. The minimum Gasteiger partial charge on any atom is -0.352 e. The van der Waals surface area contributed by atoms with Gasteiger partial charge in [-0.25, -0.2) is 8.42 Å². The lowest BCUT2D eigenvalue weighted by atomic mass is 9.94. The Bertz CT molecular complexity index is 974. The minimum atomic E-state index is -3.70. The van der Waals surface area contributed by atoms with Gasteiger partial charge in [-0.1, -0.05) is 29.8 Å². The monoisotopic (exact) mass is 449 g/mol. The maximum Gasteiger partial charge on any atom is 0.264 e. The lowest BCUT2D eigenvalue weighted by Crippen LogP contribution is -2.32. The van der Waals surface area contributed by atoms with E-state index in [9.17, 15) is 13.2 Å². The number of likely N-dealkylation sites (tertiary alicyclic amines) is 1. The molecule has 0 spiro atoms. The molecule has 2 aromatic carbocycles. The Hall–Kier alpha value is -2.09. The van der Waals surface area contributed by atoms with Gasteiger partial charge >= 0.3 is 0 Å². The maximum absolute atomic E-state index is 12.8. The van der Waals surface area contributed by atoms with Crippen molar-refractivity contribution >= 4 is 33.2 Å². The largest absolute Gasteiger partial charge is 0.352 e. The Balaban J connectivity index is 1.62. The van der Waals surface area contributed by atoms with Gasteiger partial charge < -0.3 is 10.2 Å². The summed E-state index contributed by atoms with van der Waals surface area (Å²) in [5.41, 5.74) is 0.737. The number of sulfonamides is 1. The third-order valence-corrected chi connectivity index (χ3v) is 7.75. The standard InChI is InChI=1S/C22H28ClN3O3S/c1-25-14-11-17(12-15-25)10-13-24-22(27)20-9-8-18(16-21(20)23)26(2)30(28,29)19-6-4-3-5-7-19/h3-9,16-17H,10-15H2,1-2H3,(H,24,27). The summed E-state index contributed by atoms with van der Waals surface area (Å²) in [7, 11) is -0.103. The number of nitrogens with zero attached hydrogens (tertiary/aromatic N) is 2. The molecule has 30 heavy (non-hydrogen) atoms. The molecule has 0 unspecified atom stereocenters. The van der Waals surface area contributed by atoms with Gasteiger partial charge in [0.1, 0.15) is 0 Å². The zero-order valence-electron chi connectivity index (χ0n) is 17.3. The SMILES string of the molecule is CN1CCC(CCNC(=O)c2ccc(N(C)S(=O)(=O)c3ccccc3)cc2Cl)CC1. The third kappa shape index (κ3) is 5.33. The van der Waals surface area contributed by atoms with Crippen LogP contribution in [-0.2, 0) is 10.0 Å². The summed E-state index contributed by atoms with van der Waals surface area (Å²) in [6.07, 6.45) is 3.27. The second-order valence-corrected chi connectivity index (χ2v) is 10.1. The van der Waals surface area contributed by atoms with Crippen molar-refractivity contribution in [3.63, 3.8) is 0 Å². The second kappa shape index (κ2) is 9.81. The molecular weight excluding hydrogens is 422 g/mol. The summed E-state index contributed by atoms with van der Waals surface area (Å²) >= 11 is 6.32. The summed E-state index contributed by atoms with van der Waals surface area (Å²) in [5.74, 6) is 0.393. The van der Waals surface area contributed by atoms with Gasteiger partial charge in [0.2, 0.25) is 0 Å². The molecule has 2 aromatic rings. The van der Waals surface area contributed by atoms with Gasteiger partial charge in [-0.3, -0.25) is 9.10 Å². The van der Waals surface area contributed by atoms with Gasteiger partial charge in [0, 0.05) is 13.6 Å². The predicted octanol–water partition coefficient (Wildman–Crippen LogP) is 3.63. The number of hydrogen-bond donors (Lipinski definition) is 1. The highest BCUT2D eigenvalue weighted by Crippen LogP contribution is 2.27. The first kappa shape index (κ1) is 22.6. The van der Waals surface area contributed by atoms with Gasteiger partial charge in [-0.15, -0.1) is 0 Å². The molecule has 1 amide bonds. The van der Waals surface area contributed by atoms with E-state index in [0.717, 1.165) is 36.7 Å². The zero-order valence-corrected chi connectivity index (χ0v) is 18.9. The fourth-order valence-corrected chi connectivity index (χ4v) is 5.08. The van der Waals surface area contributed by atoms with Crippen molar-refractivity contribution in [2.75, 3.05) is 38.0 Å². The van der Waals surface area contributed by atoms with Crippen molar-refractivity contribution in [2.45, 2.75) is 24.2 Å². The molecule has 0 atom stereocenters. The number of anilines is 1. The topological polar surface area (TPSA) is 69.7 Å². The van der Waals surface area contributed by atoms with Crippen molar-refractivity contribution < 1.29 is 13.2 Å². The van der Waals surface area contributed by atoms with Crippen molar-refractivity contribution in [3.8, 4) is 0 Å². The first-order chi connectivity index (χ1) is 14.3. The van der Waals surface area contributed by atoms with E-state index in [1.165, 1.54) is 13.1 Å². The molecule has 0 radical (unpaired) electrons. The second-order valence-electron chi connectivity index (χ2n) is 7.74. The highest BCUT2D eigenvalue weighted by molar-refractivity contribution is 7.92. The molecule has 0 saturated carbocycles. The first-order valence-corrected chi connectivity index (χ1v) is 11.9. The van der Waals surface area contributed by atoms with Crippen LogP contribution in [-0.4, -0.2) is 53.0 Å². The smallest absolute Gasteiger partial charge is 0.264 e. The summed E-state index contributed by atoms with van der Waals surface area (Å²) in [6, 6.07) is 12.9. The zero-order chi connectivity index (χ0) is 21.7. The van der Waals surface area contributed by atoms with Crippen molar-refractivity contribution in [1.82, 2.24) is 10.2 Å². The number of carbonyl (C=O) groups is 1. The maximum atomic E-state index is 12.8. The summed E-state index contributed by atoms with van der Waals surface area (Å²) in [4.78, 5) is 15.0. The van der Waals surface area contributed by atoms with E-state index in [4.69, 9.17) is 11.6 Å². The van der Waals surface area contributed by atoms with Gasteiger partial charge in [0.25, 0.3) is 15.9 Å². The molecule has 1 fully saturated rings. The van der Waals surface area contributed by atoms with Crippen LogP contribution in [0.15, 0.2) is 53.4 Å². The van der Waals surface area contributed by atoms with Crippen molar-refractivity contribution in [2.24, 2.45) is 5.92 Å². The van der Waals surface area contributed by atoms with Crippen molar-refractivity contribution in [1.29, 1.82) is 0 Å². The molecule has 0 aliphatic carbocycles. The Morgan fingerprint density at radius 1 is 1.17 bits per heavy atom. The van der Waals surface area contributed by atoms with Crippen LogP contribution in [0.4, 0.5) is 5.69 Å². The number of nitrogens with one attached hydrogen (secondary N) is 1. The molecule has 0 aromatic heterocycles. The van der Waals surface area contributed by atoms with Crippen LogP contribution >= 0.6 is 11.6 Å². The fourth-order valence-electron chi connectivity index (χ4n) is 3.61. The Morgan fingerprint density at radius 2 is 1.83 bits per heavy atom. The van der Waals surface area contributed by atoms with E-state index in [1.54, 1.807) is 42.5 Å². The lowest BCUT2D eigenvalue weighted by molar-refractivity contribution is 0.0949. The molecule has 1 heterocycles. The predicted molar refractivity (Wildman–Crippen MR) is 121 cm³/mol. The van der Waals surface area contributed by atoms with Crippen LogP contribution in [0.1, 0.15) is 29.6 Å². The van der Waals surface area contributed by atoms with Gasteiger partial charge in [0.05, 0.1) is 21.2 Å². The third-order valence-electron chi connectivity index (χ3n) is 5.64. The number of benzene rings is 2. The summed E-state index contributed by atoms with van der Waals surface area (Å²) < 4.78 is 26.7. The Morgan fingerprint density at radius 3 is 2.47 bits per heavy atom. The van der Waals surface area contributed by atoms with E-state index in [0.29, 0.717) is 23.7 Å². The fraction of sp³-hybridized carbons (Fsp3) is 0.409. The van der Waals surface area contributed by atoms with Crippen LogP contribution in [0, 0.1) is 5.92 Å². The molecule has 6 nitrogen and oxygen atoms in total. The van der Waals surface area contributed by atoms with Gasteiger partial charge in [-0.2, -0.15) is 0 Å². The molecule has 0 bridgehead atoms. The van der Waals surface area contributed by atoms with Crippen molar-refractivity contribution in [3.05, 3.63) is 59.1 Å². The average molecular weight is 450 g/mol. The average Bonchev–Trinajstić information content (AvgIpc) is 2.75. The van der Waals surface area contributed by atoms with E-state index >= 15 is 0 Å². The van der Waals surface area contributed by atoms with Crippen LogP contribution < -0.4 is 9.62 Å². The number of rotatable bonds is 7. The molecular formula is C22H28ClN3O3S. The van der Waals surface area contributed by atoms with E-state index < -0.39 is 10.0 Å². The molecule has 1 aliphatic heterocycles. The molecule has 8 heteroatoms. The van der Waals surface area contributed by atoms with Gasteiger partial charge in [-0.05, 0) is 75.6 Å². The highest BCUT2D eigenvalue weighted by atomic mass is 35.5. The number of hydrogen-bond acceptors (Lipinski definition) is 4. The lowest BCUT2D eigenvalue weighted by Gasteiger charge is -2.28.